The van der Waals surface area contributed by atoms with E-state index in [1.807, 2.05) is 44.6 Å². The first-order chi connectivity index (χ1) is 10.2. The molecule has 108 valence electrons. The third-order valence-electron chi connectivity index (χ3n) is 3.00. The lowest BCUT2D eigenvalue weighted by Crippen LogP contribution is -2.08. The summed E-state index contributed by atoms with van der Waals surface area (Å²) >= 11 is 1.49. The molecule has 0 N–H and O–H groups in total. The molecule has 3 aromatic rings. The molecule has 2 aromatic heterocycles. The van der Waals surface area contributed by atoms with Crippen LogP contribution in [0, 0.1) is 0 Å². The highest BCUT2D eigenvalue weighted by Crippen LogP contribution is 2.13. The fourth-order valence-electron chi connectivity index (χ4n) is 1.85. The Labute approximate surface area is 126 Å². The summed E-state index contributed by atoms with van der Waals surface area (Å²) in [5, 5.41) is 17.4. The fraction of sp³-hybridized carbons (Fsp3) is 0.231. The Morgan fingerprint density at radius 2 is 1.95 bits per heavy atom. The number of aromatic nitrogens is 5. The Bertz CT molecular complexity index is 770. The van der Waals surface area contributed by atoms with Crippen LogP contribution in [0.15, 0.2) is 40.9 Å². The highest BCUT2D eigenvalue weighted by Gasteiger charge is 2.09. The average Bonchev–Trinajstić information content (AvgIpc) is 3.07. The number of hydrogen-bond acceptors (Lipinski definition) is 6. The lowest BCUT2D eigenvalue weighted by atomic mass is 10.2. The molecule has 1 aromatic carbocycles. The molecule has 2 heterocycles. The van der Waals surface area contributed by atoms with Crippen molar-refractivity contribution in [3.8, 4) is 0 Å². The summed E-state index contributed by atoms with van der Waals surface area (Å²) in [6.07, 6.45) is 5.33. The SMILES string of the molecule is CSc1nnc2n(/N=C/c3ccc(N(C)C)cc3)cnn12. The zero-order valence-electron chi connectivity index (χ0n) is 12.0. The van der Waals surface area contributed by atoms with E-state index in [1.54, 1.807) is 21.7 Å². The van der Waals surface area contributed by atoms with Gasteiger partial charge in [-0.3, -0.25) is 0 Å². The van der Waals surface area contributed by atoms with Crippen LogP contribution >= 0.6 is 11.8 Å². The summed E-state index contributed by atoms with van der Waals surface area (Å²) in [5.74, 6) is 0.598. The minimum atomic E-state index is 0.598. The smallest absolute Gasteiger partial charge is 0.275 e. The lowest BCUT2D eigenvalue weighted by Gasteiger charge is -2.11. The van der Waals surface area contributed by atoms with E-state index in [-0.39, 0.29) is 0 Å². The average molecular weight is 301 g/mol. The minimum absolute atomic E-state index is 0.598. The van der Waals surface area contributed by atoms with E-state index in [4.69, 9.17) is 0 Å². The predicted molar refractivity (Wildman–Crippen MR) is 84.3 cm³/mol. The Morgan fingerprint density at radius 1 is 1.19 bits per heavy atom. The zero-order chi connectivity index (χ0) is 14.8. The second-order valence-corrected chi connectivity index (χ2v) is 5.38. The van der Waals surface area contributed by atoms with Crippen molar-refractivity contribution in [2.24, 2.45) is 5.10 Å². The zero-order valence-corrected chi connectivity index (χ0v) is 12.8. The van der Waals surface area contributed by atoms with Crippen molar-refractivity contribution in [1.82, 2.24) is 24.5 Å². The molecule has 0 amide bonds. The van der Waals surface area contributed by atoms with Crippen LogP contribution in [-0.4, -0.2) is 51.1 Å². The highest BCUT2D eigenvalue weighted by molar-refractivity contribution is 7.98. The van der Waals surface area contributed by atoms with Crippen LogP contribution < -0.4 is 4.90 Å². The Hall–Kier alpha value is -2.35. The van der Waals surface area contributed by atoms with Crippen LogP contribution in [0.25, 0.3) is 5.78 Å². The standard InChI is InChI=1S/C13H15N7S/c1-18(2)11-6-4-10(5-7-11)8-14-19-9-15-20-12(19)16-17-13(20)21-3/h4-9H,1-3H3/b14-8+. The number of nitrogens with zero attached hydrogens (tertiary/aromatic N) is 7. The summed E-state index contributed by atoms with van der Waals surface area (Å²) < 4.78 is 3.27. The summed E-state index contributed by atoms with van der Waals surface area (Å²) in [7, 11) is 4.03. The Balaban J connectivity index is 1.85. The molecule has 3 rings (SSSR count). The van der Waals surface area contributed by atoms with Gasteiger partial charge in [-0.1, -0.05) is 23.9 Å². The van der Waals surface area contributed by atoms with Crippen molar-refractivity contribution in [2.45, 2.75) is 5.16 Å². The molecular weight excluding hydrogens is 286 g/mol. The first-order valence-electron chi connectivity index (χ1n) is 6.33. The van der Waals surface area contributed by atoms with Gasteiger partial charge in [0.25, 0.3) is 5.78 Å². The fourth-order valence-corrected chi connectivity index (χ4v) is 2.27. The van der Waals surface area contributed by atoms with Crippen LogP contribution in [0.2, 0.25) is 0 Å². The normalized spacial score (nSPS) is 11.6. The van der Waals surface area contributed by atoms with Crippen LogP contribution in [0.1, 0.15) is 5.56 Å². The molecule has 0 saturated carbocycles. The number of hydrogen-bond donors (Lipinski definition) is 0. The van der Waals surface area contributed by atoms with Gasteiger partial charge >= 0.3 is 0 Å². The van der Waals surface area contributed by atoms with Gasteiger partial charge in [0.05, 0.1) is 6.21 Å². The molecule has 0 aliphatic rings. The number of benzene rings is 1. The summed E-state index contributed by atoms with van der Waals surface area (Å²) in [6, 6.07) is 8.13. The third kappa shape index (κ3) is 2.62. The van der Waals surface area contributed by atoms with Gasteiger partial charge in [0.15, 0.2) is 0 Å². The molecule has 0 radical (unpaired) electrons. The molecule has 7 nitrogen and oxygen atoms in total. The van der Waals surface area contributed by atoms with Crippen LogP contribution in [0.4, 0.5) is 5.69 Å². The number of anilines is 1. The van der Waals surface area contributed by atoms with Crippen molar-refractivity contribution >= 4 is 29.4 Å². The van der Waals surface area contributed by atoms with Crippen LogP contribution in [0.3, 0.4) is 0 Å². The maximum Gasteiger partial charge on any atom is 0.275 e. The molecule has 0 atom stereocenters. The van der Waals surface area contributed by atoms with Gasteiger partial charge in [0.2, 0.25) is 5.16 Å². The molecule has 0 saturated heterocycles. The maximum absolute atomic E-state index is 4.37. The highest BCUT2D eigenvalue weighted by atomic mass is 32.2. The van der Waals surface area contributed by atoms with Gasteiger partial charge in [0, 0.05) is 19.8 Å². The van der Waals surface area contributed by atoms with Crippen LogP contribution in [-0.2, 0) is 0 Å². The Kier molecular flexibility index (Phi) is 3.61. The molecule has 0 aliphatic heterocycles. The van der Waals surface area contributed by atoms with Crippen LogP contribution in [0.5, 0.6) is 0 Å². The lowest BCUT2D eigenvalue weighted by molar-refractivity contribution is 0.817. The monoisotopic (exact) mass is 301 g/mol. The molecule has 0 unspecified atom stereocenters. The molecule has 0 bridgehead atoms. The van der Waals surface area contributed by atoms with Gasteiger partial charge in [0.1, 0.15) is 6.33 Å². The molecule has 0 aliphatic carbocycles. The molecule has 8 heteroatoms. The first-order valence-corrected chi connectivity index (χ1v) is 7.56. The summed E-state index contributed by atoms with van der Waals surface area (Å²) in [5.41, 5.74) is 2.16. The van der Waals surface area contributed by atoms with Gasteiger partial charge in [-0.25, -0.2) is 0 Å². The number of thioether (sulfide) groups is 1. The van der Waals surface area contributed by atoms with Gasteiger partial charge in [-0.05, 0) is 24.0 Å². The van der Waals surface area contributed by atoms with E-state index in [2.05, 4.69) is 25.3 Å². The number of fused-ring (bicyclic) bond motifs is 1. The van der Waals surface area contributed by atoms with Crippen molar-refractivity contribution < 1.29 is 0 Å². The van der Waals surface area contributed by atoms with Gasteiger partial charge in [-0.2, -0.15) is 19.4 Å². The first kappa shape index (κ1) is 13.6. The van der Waals surface area contributed by atoms with E-state index in [9.17, 15) is 0 Å². The van der Waals surface area contributed by atoms with Gasteiger partial charge < -0.3 is 4.90 Å². The van der Waals surface area contributed by atoms with E-state index in [1.165, 1.54) is 11.8 Å². The van der Waals surface area contributed by atoms with E-state index in [0.717, 1.165) is 16.4 Å². The minimum Gasteiger partial charge on any atom is -0.378 e. The second-order valence-electron chi connectivity index (χ2n) is 4.60. The quantitative estimate of drug-likeness (QED) is 0.541. The topological polar surface area (TPSA) is 63.6 Å². The molecule has 0 fully saturated rings. The van der Waals surface area contributed by atoms with E-state index >= 15 is 0 Å². The summed E-state index contributed by atoms with van der Waals surface area (Å²) in [6.45, 7) is 0. The van der Waals surface area contributed by atoms with E-state index < -0.39 is 0 Å². The maximum atomic E-state index is 4.37. The molecular formula is C13H15N7S. The Morgan fingerprint density at radius 3 is 2.62 bits per heavy atom. The predicted octanol–water partition coefficient (Wildman–Crippen LogP) is 1.60. The van der Waals surface area contributed by atoms with Crippen molar-refractivity contribution in [3.05, 3.63) is 36.2 Å². The number of rotatable bonds is 4. The summed E-state index contributed by atoms with van der Waals surface area (Å²) in [4.78, 5) is 2.06. The van der Waals surface area contributed by atoms with E-state index in [0.29, 0.717) is 5.78 Å². The molecule has 0 spiro atoms. The van der Waals surface area contributed by atoms with Crippen molar-refractivity contribution in [1.29, 1.82) is 0 Å². The van der Waals surface area contributed by atoms with Gasteiger partial charge in [-0.15, -0.1) is 10.2 Å². The second kappa shape index (κ2) is 5.57. The third-order valence-corrected chi connectivity index (χ3v) is 3.62. The van der Waals surface area contributed by atoms with Crippen molar-refractivity contribution in [2.75, 3.05) is 25.3 Å². The molecule has 21 heavy (non-hydrogen) atoms. The largest absolute Gasteiger partial charge is 0.378 e. The van der Waals surface area contributed by atoms with Crippen molar-refractivity contribution in [3.63, 3.8) is 0 Å².